The number of nitro benzene ring substituents is 1. The third-order valence-electron chi connectivity index (χ3n) is 3.91. The highest BCUT2D eigenvalue weighted by molar-refractivity contribution is 5.95. The van der Waals surface area contributed by atoms with Crippen LogP contribution in [-0.2, 0) is 4.79 Å². The van der Waals surface area contributed by atoms with Crippen LogP contribution in [0.25, 0.3) is 6.08 Å². The van der Waals surface area contributed by atoms with Gasteiger partial charge in [0, 0.05) is 11.6 Å². The predicted molar refractivity (Wildman–Crippen MR) is 104 cm³/mol. The van der Waals surface area contributed by atoms with Crippen molar-refractivity contribution in [3.8, 4) is 23.0 Å². The van der Waals surface area contributed by atoms with Crippen LogP contribution >= 0.6 is 0 Å². The van der Waals surface area contributed by atoms with Crippen molar-refractivity contribution in [2.24, 2.45) is 0 Å². The quantitative estimate of drug-likeness (QED) is 0.144. The molecule has 0 aliphatic heterocycles. The number of alkyl halides is 2. The zero-order chi connectivity index (χ0) is 23.1. The molecule has 0 fully saturated rings. The molecule has 0 radical (unpaired) electrons. The van der Waals surface area contributed by atoms with E-state index < -0.39 is 28.9 Å². The number of halogens is 2. The van der Waals surface area contributed by atoms with Crippen LogP contribution in [0.5, 0.6) is 23.0 Å². The number of Topliss-reactive ketones (excluding diaryl/α,β-unsaturated/α-hetero) is 1. The number of ketones is 1. The summed E-state index contributed by atoms with van der Waals surface area (Å²) in [5.74, 6) is -1.68. The summed E-state index contributed by atoms with van der Waals surface area (Å²) in [6, 6.07) is 6.03. The molecule has 2 rings (SSSR count). The molecule has 0 aliphatic rings. The first-order valence-electron chi connectivity index (χ1n) is 8.56. The van der Waals surface area contributed by atoms with Crippen molar-refractivity contribution in [3.63, 3.8) is 0 Å². The van der Waals surface area contributed by atoms with Crippen LogP contribution in [0, 0.1) is 10.1 Å². The van der Waals surface area contributed by atoms with E-state index in [0.717, 1.165) is 31.4 Å². The Labute approximate surface area is 174 Å². The second-order valence-electron chi connectivity index (χ2n) is 5.87. The van der Waals surface area contributed by atoms with Gasteiger partial charge in [-0.25, -0.2) is 4.79 Å². The van der Waals surface area contributed by atoms with Gasteiger partial charge in [0.25, 0.3) is 5.69 Å². The maximum Gasteiger partial charge on any atom is 0.387 e. The Kier molecular flexibility index (Phi) is 7.61. The van der Waals surface area contributed by atoms with Gasteiger partial charge >= 0.3 is 12.6 Å². The first-order chi connectivity index (χ1) is 14.7. The Morgan fingerprint density at radius 3 is 2.23 bits per heavy atom. The van der Waals surface area contributed by atoms with Crippen molar-refractivity contribution in [1.29, 1.82) is 0 Å². The minimum absolute atomic E-state index is 0.0231. The summed E-state index contributed by atoms with van der Waals surface area (Å²) >= 11 is 0. The summed E-state index contributed by atoms with van der Waals surface area (Å²) in [6.45, 7) is -1.85. The first kappa shape index (κ1) is 23.3. The molecule has 0 aromatic heterocycles. The Hall–Kier alpha value is -4.02. The maximum absolute atomic E-state index is 12.5. The number of benzene rings is 2. The SMILES string of the molecule is COc1cc(C(C)=O)ccc1OC(=O)/C=C/c1cc(OC)c(OC(F)F)cc1[N+](=O)[O-]. The van der Waals surface area contributed by atoms with Crippen molar-refractivity contribution in [2.45, 2.75) is 13.5 Å². The number of hydrogen-bond acceptors (Lipinski definition) is 8. The van der Waals surface area contributed by atoms with Crippen molar-refractivity contribution >= 4 is 23.5 Å². The molecule has 164 valence electrons. The molecule has 2 aromatic rings. The second-order valence-corrected chi connectivity index (χ2v) is 5.87. The zero-order valence-electron chi connectivity index (χ0n) is 16.6. The third kappa shape index (κ3) is 5.98. The van der Waals surface area contributed by atoms with Crippen molar-refractivity contribution < 1.29 is 42.2 Å². The molecule has 0 N–H and O–H groups in total. The molecular weight excluding hydrogens is 420 g/mol. The van der Waals surface area contributed by atoms with Gasteiger partial charge in [0.1, 0.15) is 0 Å². The molecule has 11 heteroatoms. The van der Waals surface area contributed by atoms with Crippen LogP contribution < -0.4 is 18.9 Å². The fraction of sp³-hybridized carbons (Fsp3) is 0.200. The monoisotopic (exact) mass is 437 g/mol. The lowest BCUT2D eigenvalue weighted by Crippen LogP contribution is -2.06. The lowest BCUT2D eigenvalue weighted by atomic mass is 10.1. The molecule has 0 atom stereocenters. The Morgan fingerprint density at radius 1 is 1.03 bits per heavy atom. The first-order valence-corrected chi connectivity index (χ1v) is 8.56. The lowest BCUT2D eigenvalue weighted by Gasteiger charge is -2.11. The molecule has 0 amide bonds. The Balaban J connectivity index is 2.31. The van der Waals surface area contributed by atoms with Gasteiger partial charge in [-0.3, -0.25) is 14.9 Å². The van der Waals surface area contributed by atoms with Gasteiger partial charge in [-0.2, -0.15) is 8.78 Å². The average molecular weight is 437 g/mol. The molecule has 0 heterocycles. The fourth-order valence-corrected chi connectivity index (χ4v) is 2.48. The van der Waals surface area contributed by atoms with E-state index in [1.165, 1.54) is 32.2 Å². The second kappa shape index (κ2) is 10.1. The van der Waals surface area contributed by atoms with Crippen LogP contribution in [0.3, 0.4) is 0 Å². The van der Waals surface area contributed by atoms with Gasteiger partial charge in [-0.05, 0) is 37.3 Å². The molecule has 0 unspecified atom stereocenters. The third-order valence-corrected chi connectivity index (χ3v) is 3.91. The smallest absolute Gasteiger partial charge is 0.387 e. The number of esters is 1. The number of hydrogen-bond donors (Lipinski definition) is 0. The highest BCUT2D eigenvalue weighted by atomic mass is 19.3. The zero-order valence-corrected chi connectivity index (χ0v) is 16.6. The summed E-state index contributed by atoms with van der Waals surface area (Å²) in [7, 11) is 2.49. The number of carbonyl (C=O) groups is 2. The van der Waals surface area contributed by atoms with Gasteiger partial charge in [0.15, 0.2) is 28.8 Å². The van der Waals surface area contributed by atoms with Gasteiger partial charge in [0.05, 0.1) is 30.8 Å². The average Bonchev–Trinajstić information content (AvgIpc) is 2.71. The predicted octanol–water partition coefficient (Wildman–Crippen LogP) is 4.03. The van der Waals surface area contributed by atoms with Crippen LogP contribution in [0.1, 0.15) is 22.8 Å². The van der Waals surface area contributed by atoms with E-state index in [9.17, 15) is 28.5 Å². The highest BCUT2D eigenvalue weighted by Crippen LogP contribution is 2.36. The van der Waals surface area contributed by atoms with Crippen molar-refractivity contribution in [3.05, 3.63) is 57.6 Å². The van der Waals surface area contributed by atoms with Gasteiger partial charge in [-0.1, -0.05) is 0 Å². The van der Waals surface area contributed by atoms with Gasteiger partial charge in [0.2, 0.25) is 0 Å². The summed E-state index contributed by atoms with van der Waals surface area (Å²) in [6.07, 6.45) is 1.96. The summed E-state index contributed by atoms with van der Waals surface area (Å²) in [5, 5.41) is 11.3. The minimum Gasteiger partial charge on any atom is -0.493 e. The van der Waals surface area contributed by atoms with E-state index in [4.69, 9.17) is 14.2 Å². The van der Waals surface area contributed by atoms with Crippen molar-refractivity contribution in [2.75, 3.05) is 14.2 Å². The molecule has 0 spiro atoms. The molecular formula is C20H17F2NO8. The van der Waals surface area contributed by atoms with Gasteiger partial charge < -0.3 is 18.9 Å². The van der Waals surface area contributed by atoms with E-state index in [-0.39, 0.29) is 28.6 Å². The van der Waals surface area contributed by atoms with Crippen LogP contribution in [-0.4, -0.2) is 37.5 Å². The molecule has 0 aliphatic carbocycles. The van der Waals surface area contributed by atoms with E-state index in [1.807, 2.05) is 0 Å². The van der Waals surface area contributed by atoms with Crippen LogP contribution in [0.15, 0.2) is 36.4 Å². The van der Waals surface area contributed by atoms with Crippen LogP contribution in [0.2, 0.25) is 0 Å². The highest BCUT2D eigenvalue weighted by Gasteiger charge is 2.21. The van der Waals surface area contributed by atoms with E-state index >= 15 is 0 Å². The minimum atomic E-state index is -3.21. The number of nitro groups is 1. The molecule has 9 nitrogen and oxygen atoms in total. The number of rotatable bonds is 9. The number of ether oxygens (including phenoxy) is 4. The van der Waals surface area contributed by atoms with E-state index in [2.05, 4.69) is 4.74 Å². The van der Waals surface area contributed by atoms with E-state index in [1.54, 1.807) is 0 Å². The lowest BCUT2D eigenvalue weighted by molar-refractivity contribution is -0.385. The number of nitrogens with zero attached hydrogens (tertiary/aromatic N) is 1. The van der Waals surface area contributed by atoms with Crippen LogP contribution in [0.4, 0.5) is 14.5 Å². The molecule has 0 bridgehead atoms. The largest absolute Gasteiger partial charge is 0.493 e. The Bertz CT molecular complexity index is 1040. The fourth-order valence-electron chi connectivity index (χ4n) is 2.48. The normalized spacial score (nSPS) is 10.8. The van der Waals surface area contributed by atoms with Crippen molar-refractivity contribution in [1.82, 2.24) is 0 Å². The van der Waals surface area contributed by atoms with Gasteiger partial charge in [-0.15, -0.1) is 0 Å². The summed E-state index contributed by atoms with van der Waals surface area (Å²) in [4.78, 5) is 34.1. The molecule has 31 heavy (non-hydrogen) atoms. The maximum atomic E-state index is 12.5. The molecule has 2 aromatic carbocycles. The summed E-state index contributed by atoms with van der Waals surface area (Å²) < 4.78 is 44.4. The number of methoxy groups -OCH3 is 2. The Morgan fingerprint density at radius 2 is 1.68 bits per heavy atom. The molecule has 0 saturated heterocycles. The standard InChI is InChI=1S/C20H17F2NO8/c1-11(24)12-4-6-15(16(8-12)28-2)30-19(25)7-5-13-9-17(29-3)18(31-20(21)22)10-14(13)23(26)27/h4-10,20H,1-3H3/b7-5+. The molecule has 0 saturated carbocycles. The summed E-state index contributed by atoms with van der Waals surface area (Å²) in [5.41, 5.74) is -0.357. The number of carbonyl (C=O) groups excluding carboxylic acids is 2. The topological polar surface area (TPSA) is 114 Å². The van der Waals surface area contributed by atoms with E-state index in [0.29, 0.717) is 5.56 Å².